The van der Waals surface area contributed by atoms with Crippen molar-refractivity contribution in [1.29, 1.82) is 0 Å². The van der Waals surface area contributed by atoms with E-state index >= 15 is 0 Å². The standard InChI is InChI=1S/C13H9F3NO4PS/c14-13(15,16)11-8-9(6-7-12(11)17(18)19)21-22(20,23)10-4-2-1-3-5-10/h1-8H,(H,20,23). The van der Waals surface area contributed by atoms with Crippen molar-refractivity contribution in [3.8, 4) is 5.75 Å². The second-order valence-corrected chi connectivity index (χ2v) is 7.61. The van der Waals surface area contributed by atoms with Crippen molar-refractivity contribution in [2.75, 3.05) is 0 Å². The molecule has 0 fully saturated rings. The molecule has 0 saturated carbocycles. The Balaban J connectivity index is 2.42. The van der Waals surface area contributed by atoms with Crippen LogP contribution < -0.4 is 9.83 Å². The molecule has 0 amide bonds. The number of hydrogen-bond donors (Lipinski definition) is 1. The first kappa shape index (κ1) is 17.4. The molecule has 2 rings (SSSR count). The lowest BCUT2D eigenvalue weighted by Gasteiger charge is -2.18. The van der Waals surface area contributed by atoms with E-state index in [-0.39, 0.29) is 5.30 Å². The maximum Gasteiger partial charge on any atom is 0.423 e. The molecule has 2 aromatic rings. The summed E-state index contributed by atoms with van der Waals surface area (Å²) in [5.74, 6) is -0.391. The third-order valence-electron chi connectivity index (χ3n) is 2.78. The zero-order valence-electron chi connectivity index (χ0n) is 11.2. The Morgan fingerprint density at radius 3 is 2.30 bits per heavy atom. The molecule has 0 spiro atoms. The van der Waals surface area contributed by atoms with Crippen molar-refractivity contribution < 1.29 is 27.5 Å². The van der Waals surface area contributed by atoms with Crippen LogP contribution in [0.4, 0.5) is 18.9 Å². The highest BCUT2D eigenvalue weighted by Gasteiger charge is 2.39. The average Bonchev–Trinajstić information content (AvgIpc) is 2.46. The zero-order valence-corrected chi connectivity index (χ0v) is 12.9. The number of nitrogens with zero attached hydrogens (tertiary/aromatic N) is 1. The number of halogens is 3. The summed E-state index contributed by atoms with van der Waals surface area (Å²) in [6, 6.07) is 9.91. The number of benzene rings is 2. The molecule has 0 aliphatic carbocycles. The molecule has 1 N–H and O–H groups in total. The van der Waals surface area contributed by atoms with Gasteiger partial charge in [0.15, 0.2) is 0 Å². The minimum atomic E-state index is -4.94. The van der Waals surface area contributed by atoms with E-state index in [4.69, 9.17) is 16.3 Å². The summed E-state index contributed by atoms with van der Waals surface area (Å²) >= 11 is 4.94. The fourth-order valence-electron chi connectivity index (χ4n) is 1.77. The van der Waals surface area contributed by atoms with E-state index in [2.05, 4.69) is 0 Å². The lowest BCUT2D eigenvalue weighted by atomic mass is 10.1. The van der Waals surface area contributed by atoms with Gasteiger partial charge < -0.3 is 9.42 Å². The van der Waals surface area contributed by atoms with Gasteiger partial charge in [-0.15, -0.1) is 0 Å². The minimum Gasteiger partial charge on any atom is -0.440 e. The van der Waals surface area contributed by atoms with Gasteiger partial charge >= 0.3 is 6.18 Å². The third-order valence-corrected chi connectivity index (χ3v) is 5.05. The first-order valence-electron chi connectivity index (χ1n) is 6.05. The summed E-state index contributed by atoms with van der Waals surface area (Å²) in [6.45, 7) is -3.58. The molecule has 1 atom stereocenters. The predicted octanol–water partition coefficient (Wildman–Crippen LogP) is 3.62. The van der Waals surface area contributed by atoms with Crippen LogP contribution in [0.15, 0.2) is 48.5 Å². The van der Waals surface area contributed by atoms with Crippen LogP contribution >= 0.6 is 6.49 Å². The summed E-state index contributed by atoms with van der Waals surface area (Å²) in [6.07, 6.45) is -4.94. The molecule has 1 unspecified atom stereocenters. The van der Waals surface area contributed by atoms with Crippen molar-refractivity contribution in [3.05, 3.63) is 64.2 Å². The highest BCUT2D eigenvalue weighted by atomic mass is 32.5. The topological polar surface area (TPSA) is 72.6 Å². The average molecular weight is 363 g/mol. The zero-order chi connectivity index (χ0) is 17.3. The lowest BCUT2D eigenvalue weighted by Crippen LogP contribution is -2.11. The summed E-state index contributed by atoms with van der Waals surface area (Å²) in [5.41, 5.74) is -2.57. The molecule has 23 heavy (non-hydrogen) atoms. The Hall–Kier alpha value is -1.96. The van der Waals surface area contributed by atoms with E-state index in [1.807, 2.05) is 0 Å². The highest BCUT2D eigenvalue weighted by Crippen LogP contribution is 2.45. The van der Waals surface area contributed by atoms with Crippen LogP contribution in [-0.2, 0) is 18.0 Å². The molecule has 0 aliphatic rings. The van der Waals surface area contributed by atoms with Gasteiger partial charge in [-0.1, -0.05) is 18.2 Å². The highest BCUT2D eigenvalue weighted by molar-refractivity contribution is 8.13. The smallest absolute Gasteiger partial charge is 0.423 e. The van der Waals surface area contributed by atoms with Crippen LogP contribution in [0.5, 0.6) is 5.75 Å². The predicted molar refractivity (Wildman–Crippen MR) is 81.3 cm³/mol. The normalized spacial score (nSPS) is 14.1. The quantitative estimate of drug-likeness (QED) is 0.510. The molecule has 0 radical (unpaired) electrons. The van der Waals surface area contributed by atoms with Gasteiger partial charge in [-0.25, -0.2) is 0 Å². The van der Waals surface area contributed by atoms with Gasteiger partial charge in [0.05, 0.1) is 4.92 Å². The molecule has 0 heterocycles. The van der Waals surface area contributed by atoms with Gasteiger partial charge in [-0.3, -0.25) is 10.1 Å². The molecule has 0 aliphatic heterocycles. The molecule has 122 valence electrons. The number of hydrogen-bond acceptors (Lipinski definition) is 4. The molecular formula is C13H9F3NO4PS. The Bertz CT molecular complexity index is 783. The second kappa shape index (κ2) is 6.27. The van der Waals surface area contributed by atoms with Crippen LogP contribution in [0.2, 0.25) is 0 Å². The Morgan fingerprint density at radius 2 is 1.78 bits per heavy atom. The second-order valence-electron chi connectivity index (χ2n) is 4.38. The summed E-state index contributed by atoms with van der Waals surface area (Å²) in [4.78, 5) is 19.7. The molecule has 5 nitrogen and oxygen atoms in total. The van der Waals surface area contributed by atoms with Crippen LogP contribution in [0.3, 0.4) is 0 Å². The Kier molecular flexibility index (Phi) is 4.74. The van der Waals surface area contributed by atoms with Crippen molar-refractivity contribution in [3.63, 3.8) is 0 Å². The maximum absolute atomic E-state index is 12.9. The number of nitro benzene ring substituents is 1. The van der Waals surface area contributed by atoms with Crippen LogP contribution in [0.25, 0.3) is 0 Å². The van der Waals surface area contributed by atoms with E-state index in [1.165, 1.54) is 12.1 Å². The van der Waals surface area contributed by atoms with Crippen LogP contribution in [-0.4, -0.2) is 9.82 Å². The van der Waals surface area contributed by atoms with Gasteiger partial charge in [0, 0.05) is 11.4 Å². The number of rotatable bonds is 4. The largest absolute Gasteiger partial charge is 0.440 e. The van der Waals surface area contributed by atoms with E-state index in [0.717, 1.165) is 6.07 Å². The Labute approximate surface area is 133 Å². The SMILES string of the molecule is O=[N+]([O-])c1ccc(OP(O)(=S)c2ccccc2)cc1C(F)(F)F. The first-order valence-corrected chi connectivity index (χ1v) is 8.72. The van der Waals surface area contributed by atoms with E-state index in [1.54, 1.807) is 18.2 Å². The molecule has 0 bridgehead atoms. The van der Waals surface area contributed by atoms with Gasteiger partial charge in [0.1, 0.15) is 11.3 Å². The van der Waals surface area contributed by atoms with Crippen LogP contribution in [0, 0.1) is 10.1 Å². The van der Waals surface area contributed by atoms with E-state index in [9.17, 15) is 28.2 Å². The summed E-state index contributed by atoms with van der Waals surface area (Å²) in [7, 11) is 0. The summed E-state index contributed by atoms with van der Waals surface area (Å²) in [5, 5.41) is 10.9. The van der Waals surface area contributed by atoms with Gasteiger partial charge in [0.2, 0.25) is 0 Å². The van der Waals surface area contributed by atoms with Gasteiger partial charge in [0.25, 0.3) is 12.2 Å². The fraction of sp³-hybridized carbons (Fsp3) is 0.0769. The van der Waals surface area contributed by atoms with Crippen molar-refractivity contribution >= 4 is 29.3 Å². The van der Waals surface area contributed by atoms with Gasteiger partial charge in [-0.05, 0) is 36.1 Å². The monoisotopic (exact) mass is 363 g/mol. The van der Waals surface area contributed by atoms with Crippen LogP contribution in [0.1, 0.15) is 5.56 Å². The fourth-order valence-corrected chi connectivity index (χ4v) is 3.45. The first-order chi connectivity index (χ1) is 10.6. The van der Waals surface area contributed by atoms with E-state index < -0.39 is 34.6 Å². The van der Waals surface area contributed by atoms with Crippen molar-refractivity contribution in [2.45, 2.75) is 6.18 Å². The lowest BCUT2D eigenvalue weighted by molar-refractivity contribution is -0.388. The van der Waals surface area contributed by atoms with Crippen molar-refractivity contribution in [1.82, 2.24) is 0 Å². The number of alkyl halides is 3. The van der Waals surface area contributed by atoms with Gasteiger partial charge in [-0.2, -0.15) is 13.2 Å². The summed E-state index contributed by atoms with van der Waals surface area (Å²) < 4.78 is 43.8. The Morgan fingerprint density at radius 1 is 1.17 bits per heavy atom. The minimum absolute atomic E-state index is 0.252. The maximum atomic E-state index is 12.9. The molecule has 10 heteroatoms. The molecule has 0 aromatic heterocycles. The van der Waals surface area contributed by atoms with E-state index in [0.29, 0.717) is 12.1 Å². The molecular weight excluding hydrogens is 354 g/mol. The molecule has 0 saturated heterocycles. The third kappa shape index (κ3) is 4.07. The van der Waals surface area contributed by atoms with Crippen molar-refractivity contribution in [2.24, 2.45) is 0 Å². The number of nitro groups is 1. The molecule has 2 aromatic carbocycles.